The zero-order valence-corrected chi connectivity index (χ0v) is 12.9. The molecule has 1 atom stereocenters. The zero-order chi connectivity index (χ0) is 20.4. The Labute approximate surface area is 142 Å². The molecule has 1 unspecified atom stereocenters. The van der Waals surface area contributed by atoms with Gasteiger partial charge in [-0.15, -0.1) is 0 Å². The van der Waals surface area contributed by atoms with Crippen LogP contribution in [0.3, 0.4) is 0 Å². The van der Waals surface area contributed by atoms with Gasteiger partial charge in [-0.25, -0.2) is 0 Å². The van der Waals surface area contributed by atoms with Gasteiger partial charge in [-0.3, -0.25) is 0 Å². The number of hydrogen-bond donors (Lipinski definition) is 0. The normalized spacial score (nSPS) is 15.4. The van der Waals surface area contributed by atoms with E-state index < -0.39 is 35.8 Å². The number of benzene rings is 1. The molecular weight excluding hydrogens is 377 g/mol. The van der Waals surface area contributed by atoms with Crippen LogP contribution in [0.2, 0.25) is 0 Å². The first-order valence-corrected chi connectivity index (χ1v) is 6.90. The van der Waals surface area contributed by atoms with Gasteiger partial charge in [0, 0.05) is 0 Å². The van der Waals surface area contributed by atoms with Gasteiger partial charge in [0.05, 0.1) is 6.07 Å². The summed E-state index contributed by atoms with van der Waals surface area (Å²) in [6, 6.07) is 7.88. The summed E-state index contributed by atoms with van der Waals surface area (Å²) in [5.74, 6) is 1.69. The number of hydrogen-bond acceptors (Lipinski definition) is 1. The SMILES string of the molecule is CCC(C#N)(C#CC(C(F)(F)F)(C(F)(F)F)C(F)(F)F)c1ccccc1. The first-order valence-electron chi connectivity index (χ1n) is 6.90. The molecule has 0 bridgehead atoms. The zero-order valence-electron chi connectivity index (χ0n) is 12.9. The van der Waals surface area contributed by atoms with Crippen molar-refractivity contribution < 1.29 is 39.5 Å². The number of rotatable bonds is 2. The Hall–Kier alpha value is -2.36. The molecule has 0 aliphatic carbocycles. The quantitative estimate of drug-likeness (QED) is 0.483. The van der Waals surface area contributed by atoms with Crippen LogP contribution in [0.5, 0.6) is 0 Å². The molecule has 0 saturated carbocycles. The van der Waals surface area contributed by atoms with E-state index in [1.54, 1.807) is 0 Å². The lowest BCUT2D eigenvalue weighted by molar-refractivity contribution is -0.402. The Morgan fingerprint density at radius 2 is 1.19 bits per heavy atom. The second-order valence-corrected chi connectivity index (χ2v) is 5.23. The number of alkyl halides is 9. The number of nitriles is 1. The number of nitrogens with zero attached hydrogens (tertiary/aromatic N) is 1. The van der Waals surface area contributed by atoms with E-state index in [1.807, 2.05) is 0 Å². The second kappa shape index (κ2) is 6.75. The highest BCUT2D eigenvalue weighted by atomic mass is 19.4. The van der Waals surface area contributed by atoms with Crippen LogP contribution in [0.1, 0.15) is 18.9 Å². The van der Waals surface area contributed by atoms with E-state index in [4.69, 9.17) is 0 Å². The Bertz CT molecular complexity index is 690. The summed E-state index contributed by atoms with van der Waals surface area (Å²) < 4.78 is 116. The van der Waals surface area contributed by atoms with Crippen molar-refractivity contribution in [1.82, 2.24) is 0 Å². The van der Waals surface area contributed by atoms with Gasteiger partial charge in [0.15, 0.2) is 0 Å². The standard InChI is InChI=1S/C16H10F9N/c1-2-12(10-26,11-6-4-3-5-7-11)8-9-13(14(17,18)19,15(20,21)22)16(23,24)25/h3-7H,2H2,1H3. The van der Waals surface area contributed by atoms with Crippen LogP contribution in [0.4, 0.5) is 39.5 Å². The van der Waals surface area contributed by atoms with Gasteiger partial charge in [-0.05, 0) is 12.0 Å². The van der Waals surface area contributed by atoms with Crippen molar-refractivity contribution in [2.24, 2.45) is 5.41 Å². The molecule has 0 N–H and O–H groups in total. The van der Waals surface area contributed by atoms with Crippen molar-refractivity contribution in [3.8, 4) is 17.9 Å². The maximum atomic E-state index is 12.9. The lowest BCUT2D eigenvalue weighted by atomic mass is 9.77. The van der Waals surface area contributed by atoms with E-state index >= 15 is 0 Å². The minimum Gasteiger partial charge on any atom is -0.196 e. The van der Waals surface area contributed by atoms with Gasteiger partial charge in [-0.2, -0.15) is 44.8 Å². The highest BCUT2D eigenvalue weighted by molar-refractivity contribution is 5.44. The van der Waals surface area contributed by atoms with E-state index in [2.05, 4.69) is 0 Å². The molecule has 1 nitrogen and oxygen atoms in total. The third-order valence-electron chi connectivity index (χ3n) is 3.73. The molecule has 0 aliphatic rings. The van der Waals surface area contributed by atoms with Gasteiger partial charge in [0.25, 0.3) is 0 Å². The average molecular weight is 387 g/mol. The van der Waals surface area contributed by atoms with Gasteiger partial charge in [0.1, 0.15) is 5.41 Å². The third kappa shape index (κ3) is 3.46. The fraction of sp³-hybridized carbons (Fsp3) is 0.438. The molecule has 10 heteroatoms. The largest absolute Gasteiger partial charge is 0.423 e. The van der Waals surface area contributed by atoms with Crippen molar-refractivity contribution in [3.05, 3.63) is 35.9 Å². The van der Waals surface area contributed by atoms with E-state index in [9.17, 15) is 44.8 Å². The topological polar surface area (TPSA) is 23.8 Å². The van der Waals surface area contributed by atoms with Crippen LogP contribution in [0.25, 0.3) is 0 Å². The van der Waals surface area contributed by atoms with Gasteiger partial charge < -0.3 is 0 Å². The van der Waals surface area contributed by atoms with Crippen LogP contribution in [-0.4, -0.2) is 18.5 Å². The fourth-order valence-electron chi connectivity index (χ4n) is 2.15. The van der Waals surface area contributed by atoms with Gasteiger partial charge in [-0.1, -0.05) is 49.1 Å². The van der Waals surface area contributed by atoms with Crippen molar-refractivity contribution in [2.45, 2.75) is 37.3 Å². The summed E-state index contributed by atoms with van der Waals surface area (Å²) in [4.78, 5) is 0. The maximum Gasteiger partial charge on any atom is 0.423 e. The maximum absolute atomic E-state index is 12.9. The Balaban J connectivity index is 3.82. The molecule has 0 heterocycles. The highest BCUT2D eigenvalue weighted by Crippen LogP contribution is 2.59. The number of halogens is 9. The first-order chi connectivity index (χ1) is 11.7. The van der Waals surface area contributed by atoms with E-state index in [-0.39, 0.29) is 5.56 Å². The predicted octanol–water partition coefficient (Wildman–Crippen LogP) is 5.53. The molecular formula is C16H10F9N. The van der Waals surface area contributed by atoms with Crippen LogP contribution in [0.15, 0.2) is 30.3 Å². The van der Waals surface area contributed by atoms with Gasteiger partial charge >= 0.3 is 23.9 Å². The molecule has 0 amide bonds. The third-order valence-corrected chi connectivity index (χ3v) is 3.73. The lowest BCUT2D eigenvalue weighted by Gasteiger charge is -2.34. The molecule has 0 spiro atoms. The molecule has 1 aromatic rings. The molecule has 0 aromatic heterocycles. The summed E-state index contributed by atoms with van der Waals surface area (Å²) in [6.07, 6.45) is -20.8. The molecule has 0 radical (unpaired) electrons. The predicted molar refractivity (Wildman–Crippen MR) is 72.4 cm³/mol. The van der Waals surface area contributed by atoms with E-state index in [1.165, 1.54) is 49.2 Å². The molecule has 0 aliphatic heterocycles. The lowest BCUT2D eigenvalue weighted by Crippen LogP contribution is -2.58. The fourth-order valence-corrected chi connectivity index (χ4v) is 2.15. The van der Waals surface area contributed by atoms with Crippen LogP contribution in [-0.2, 0) is 5.41 Å². The molecule has 0 saturated heterocycles. The summed E-state index contributed by atoms with van der Waals surface area (Å²) >= 11 is 0. The molecule has 1 rings (SSSR count). The second-order valence-electron chi connectivity index (χ2n) is 5.23. The van der Waals surface area contributed by atoms with Crippen LogP contribution < -0.4 is 0 Å². The van der Waals surface area contributed by atoms with E-state index in [0.29, 0.717) is 5.92 Å². The summed E-state index contributed by atoms with van der Waals surface area (Å²) in [6.45, 7) is 1.21. The van der Waals surface area contributed by atoms with Crippen LogP contribution in [0, 0.1) is 28.6 Å². The summed E-state index contributed by atoms with van der Waals surface area (Å²) in [5.41, 5.74) is -8.65. The smallest absolute Gasteiger partial charge is 0.196 e. The minimum atomic E-state index is -6.79. The minimum absolute atomic E-state index is 0.113. The average Bonchev–Trinajstić information content (AvgIpc) is 2.49. The highest BCUT2D eigenvalue weighted by Gasteiger charge is 2.83. The molecule has 1 aromatic carbocycles. The van der Waals surface area contributed by atoms with Crippen molar-refractivity contribution in [3.63, 3.8) is 0 Å². The van der Waals surface area contributed by atoms with Crippen LogP contribution >= 0.6 is 0 Å². The van der Waals surface area contributed by atoms with Crippen molar-refractivity contribution >= 4 is 0 Å². The molecule has 26 heavy (non-hydrogen) atoms. The monoisotopic (exact) mass is 387 g/mol. The molecule has 142 valence electrons. The van der Waals surface area contributed by atoms with Crippen molar-refractivity contribution in [2.75, 3.05) is 0 Å². The Kier molecular flexibility index (Phi) is 5.63. The summed E-state index contributed by atoms with van der Waals surface area (Å²) in [7, 11) is 0. The Morgan fingerprint density at radius 3 is 1.50 bits per heavy atom. The van der Waals surface area contributed by atoms with E-state index in [0.717, 1.165) is 0 Å². The Morgan fingerprint density at radius 1 is 0.769 bits per heavy atom. The van der Waals surface area contributed by atoms with Gasteiger partial charge in [0.2, 0.25) is 0 Å². The van der Waals surface area contributed by atoms with Crippen molar-refractivity contribution in [1.29, 1.82) is 5.26 Å². The summed E-state index contributed by atoms with van der Waals surface area (Å²) in [5, 5.41) is 9.24. The first kappa shape index (κ1) is 21.7. The molecule has 0 fully saturated rings.